The van der Waals surface area contributed by atoms with Gasteiger partial charge >= 0.3 is 0 Å². The minimum atomic E-state index is -0.313. The number of nitrogens with one attached hydrogen (secondary N) is 1. The van der Waals surface area contributed by atoms with Gasteiger partial charge in [-0.15, -0.1) is 0 Å². The van der Waals surface area contributed by atoms with Crippen LogP contribution in [-0.2, 0) is 17.8 Å². The van der Waals surface area contributed by atoms with Crippen molar-refractivity contribution >= 4 is 17.4 Å². The molecule has 11 heteroatoms. The third-order valence-corrected chi connectivity index (χ3v) is 4.29. The number of nitrogen functional groups attached to an aromatic ring is 1. The summed E-state index contributed by atoms with van der Waals surface area (Å²) in [5.41, 5.74) is 13.8. The predicted octanol–water partition coefficient (Wildman–Crippen LogP) is 1.87. The molecule has 0 fully saturated rings. The molecule has 0 aromatic carbocycles. The lowest BCUT2D eigenvalue weighted by atomic mass is 10.1. The maximum absolute atomic E-state index is 12.1. The van der Waals surface area contributed by atoms with Gasteiger partial charge in [0.2, 0.25) is 11.9 Å². The highest BCUT2D eigenvalue weighted by Gasteiger charge is 2.16. The van der Waals surface area contributed by atoms with Crippen LogP contribution in [0.3, 0.4) is 0 Å². The number of rotatable bonds is 8. The molecule has 0 unspecified atom stereocenters. The molecule has 0 atom stereocenters. The fourth-order valence-corrected chi connectivity index (χ4v) is 2.77. The minimum absolute atomic E-state index is 0.0893. The third-order valence-electron chi connectivity index (χ3n) is 4.29. The fourth-order valence-electron chi connectivity index (χ4n) is 2.77. The van der Waals surface area contributed by atoms with Gasteiger partial charge in [0.1, 0.15) is 6.54 Å². The number of anilines is 1. The Bertz CT molecular complexity index is 1180. The molecule has 0 spiro atoms. The van der Waals surface area contributed by atoms with E-state index in [1.165, 1.54) is 10.9 Å². The van der Waals surface area contributed by atoms with Gasteiger partial charge < -0.3 is 21.3 Å². The summed E-state index contributed by atoms with van der Waals surface area (Å²) in [6.45, 7) is 9.83. The Morgan fingerprint density at radius 3 is 2.64 bits per heavy atom. The van der Waals surface area contributed by atoms with Crippen molar-refractivity contribution in [1.29, 1.82) is 0 Å². The third kappa shape index (κ3) is 6.86. The van der Waals surface area contributed by atoms with Gasteiger partial charge in [0, 0.05) is 36.1 Å². The fraction of sp³-hybridized carbons (Fsp3) is 0.273. The van der Waals surface area contributed by atoms with Crippen LogP contribution in [0.1, 0.15) is 32.2 Å². The summed E-state index contributed by atoms with van der Waals surface area (Å²) in [5, 5.41) is 11.1. The number of carbonyl (C=O) groups is 1. The van der Waals surface area contributed by atoms with Gasteiger partial charge in [-0.3, -0.25) is 9.48 Å². The van der Waals surface area contributed by atoms with E-state index in [0.29, 0.717) is 29.3 Å². The molecule has 172 valence electrons. The van der Waals surface area contributed by atoms with Crippen LogP contribution in [0.4, 0.5) is 5.95 Å². The summed E-state index contributed by atoms with van der Waals surface area (Å²) in [6.07, 6.45) is 11.9. The highest BCUT2D eigenvalue weighted by atomic mass is 16.5. The van der Waals surface area contributed by atoms with E-state index in [1.807, 2.05) is 20.8 Å². The van der Waals surface area contributed by atoms with Crippen LogP contribution in [0.15, 0.2) is 59.8 Å². The van der Waals surface area contributed by atoms with Crippen LogP contribution in [0.2, 0.25) is 0 Å². The van der Waals surface area contributed by atoms with Crippen LogP contribution in [0.5, 0.6) is 0 Å². The first-order valence-corrected chi connectivity index (χ1v) is 10.1. The Labute approximate surface area is 191 Å². The van der Waals surface area contributed by atoms with Gasteiger partial charge in [-0.2, -0.15) is 10.1 Å². The van der Waals surface area contributed by atoms with E-state index in [-0.39, 0.29) is 23.9 Å². The molecular weight excluding hydrogens is 422 g/mol. The molecule has 1 amide bonds. The summed E-state index contributed by atoms with van der Waals surface area (Å²) in [5.74, 6) is 0.812. The first-order chi connectivity index (χ1) is 15.6. The Hall–Kier alpha value is -4.28. The SMILES string of the molecule is C=C(/C=C\C(=C/N)Cc1noc(-c2cnn(CC(=O)NC(C)(C)C)c2)n1)c1cnc(N)nc1. The second kappa shape index (κ2) is 9.90. The second-order valence-electron chi connectivity index (χ2n) is 8.35. The van der Waals surface area contributed by atoms with Crippen LogP contribution in [-0.4, -0.2) is 41.3 Å². The molecule has 33 heavy (non-hydrogen) atoms. The highest BCUT2D eigenvalue weighted by molar-refractivity contribution is 5.76. The number of nitrogens with zero attached hydrogens (tertiary/aromatic N) is 6. The first-order valence-electron chi connectivity index (χ1n) is 10.1. The molecule has 3 aromatic heterocycles. The minimum Gasteiger partial charge on any atom is -0.404 e. The van der Waals surface area contributed by atoms with Crippen LogP contribution in [0, 0.1) is 0 Å². The molecule has 3 aromatic rings. The monoisotopic (exact) mass is 449 g/mol. The number of carbonyl (C=O) groups excluding carboxylic acids is 1. The largest absolute Gasteiger partial charge is 0.404 e. The first kappa shape index (κ1) is 23.4. The lowest BCUT2D eigenvalue weighted by molar-refractivity contribution is -0.123. The molecule has 0 saturated carbocycles. The van der Waals surface area contributed by atoms with E-state index < -0.39 is 0 Å². The normalized spacial score (nSPS) is 12.3. The van der Waals surface area contributed by atoms with Crippen molar-refractivity contribution in [3.8, 4) is 11.5 Å². The molecular formula is C22H27N9O2. The quantitative estimate of drug-likeness (QED) is 0.435. The maximum Gasteiger partial charge on any atom is 0.261 e. The Morgan fingerprint density at radius 1 is 1.24 bits per heavy atom. The number of amides is 1. The molecule has 0 bridgehead atoms. The zero-order valence-corrected chi connectivity index (χ0v) is 18.8. The number of nitrogens with two attached hydrogens (primary N) is 2. The van der Waals surface area contributed by atoms with Gasteiger partial charge in [-0.1, -0.05) is 23.9 Å². The predicted molar refractivity (Wildman–Crippen MR) is 124 cm³/mol. The zero-order chi connectivity index (χ0) is 24.0. The topological polar surface area (TPSA) is 164 Å². The maximum atomic E-state index is 12.1. The van der Waals surface area contributed by atoms with E-state index in [9.17, 15) is 4.79 Å². The van der Waals surface area contributed by atoms with Gasteiger partial charge in [-0.05, 0) is 38.1 Å². The van der Waals surface area contributed by atoms with Crippen molar-refractivity contribution in [2.75, 3.05) is 5.73 Å². The van der Waals surface area contributed by atoms with Crippen LogP contribution < -0.4 is 16.8 Å². The van der Waals surface area contributed by atoms with Crippen LogP contribution >= 0.6 is 0 Å². The lowest BCUT2D eigenvalue weighted by Gasteiger charge is -2.20. The molecule has 5 N–H and O–H groups in total. The van der Waals surface area contributed by atoms with Gasteiger partial charge in [0.25, 0.3) is 5.89 Å². The lowest BCUT2D eigenvalue weighted by Crippen LogP contribution is -2.42. The van der Waals surface area contributed by atoms with Crippen molar-refractivity contribution < 1.29 is 9.32 Å². The average molecular weight is 450 g/mol. The Balaban J connectivity index is 1.61. The summed E-state index contributed by atoms with van der Waals surface area (Å²) in [4.78, 5) is 24.4. The van der Waals surface area contributed by atoms with Crippen LogP contribution in [0.25, 0.3) is 17.0 Å². The van der Waals surface area contributed by atoms with Crippen molar-refractivity contribution in [1.82, 2.24) is 35.2 Å². The summed E-state index contributed by atoms with van der Waals surface area (Å²) < 4.78 is 6.86. The zero-order valence-electron chi connectivity index (χ0n) is 18.8. The molecule has 0 aliphatic heterocycles. The van der Waals surface area contributed by atoms with E-state index >= 15 is 0 Å². The molecule has 0 radical (unpaired) electrons. The number of aromatic nitrogens is 6. The molecule has 0 aliphatic rings. The second-order valence-corrected chi connectivity index (χ2v) is 8.35. The molecule has 0 saturated heterocycles. The molecule has 0 aliphatic carbocycles. The van der Waals surface area contributed by atoms with Gasteiger partial charge in [0.15, 0.2) is 5.82 Å². The highest BCUT2D eigenvalue weighted by Crippen LogP contribution is 2.18. The summed E-state index contributed by atoms with van der Waals surface area (Å²) in [7, 11) is 0. The van der Waals surface area contributed by atoms with Gasteiger partial charge in [0.05, 0.1) is 11.8 Å². The van der Waals surface area contributed by atoms with Crippen molar-refractivity contribution in [3.63, 3.8) is 0 Å². The number of allylic oxidation sites excluding steroid dienone is 4. The van der Waals surface area contributed by atoms with E-state index in [4.69, 9.17) is 16.0 Å². The molecule has 11 nitrogen and oxygen atoms in total. The van der Waals surface area contributed by atoms with E-state index in [0.717, 1.165) is 11.1 Å². The Morgan fingerprint density at radius 2 is 1.97 bits per heavy atom. The van der Waals surface area contributed by atoms with Crippen molar-refractivity contribution in [2.45, 2.75) is 39.3 Å². The number of hydrogen-bond acceptors (Lipinski definition) is 9. The average Bonchev–Trinajstić information content (AvgIpc) is 3.39. The van der Waals surface area contributed by atoms with E-state index in [2.05, 4.69) is 37.1 Å². The molecule has 3 rings (SSSR count). The summed E-state index contributed by atoms with van der Waals surface area (Å²) >= 11 is 0. The number of hydrogen-bond donors (Lipinski definition) is 3. The standard InChI is InChI=1S/C22H27N9O2/c1-14(16-9-25-21(24)26-10-16)5-6-15(8-23)7-18-28-20(33-30-18)17-11-27-31(12-17)13-19(32)29-22(2,3)4/h5-6,8-12H,1,7,13,23H2,2-4H3,(H,29,32)(H2,24,25,26)/b6-5-,15-8+. The van der Waals surface area contributed by atoms with Crippen molar-refractivity contribution in [2.24, 2.45) is 5.73 Å². The van der Waals surface area contributed by atoms with E-state index in [1.54, 1.807) is 36.9 Å². The smallest absolute Gasteiger partial charge is 0.261 e. The Kier molecular flexibility index (Phi) is 7.01. The van der Waals surface area contributed by atoms with Gasteiger partial charge in [-0.25, -0.2) is 9.97 Å². The van der Waals surface area contributed by atoms with Crippen molar-refractivity contribution in [3.05, 3.63) is 66.7 Å². The summed E-state index contributed by atoms with van der Waals surface area (Å²) in [6, 6.07) is 0. The molecule has 3 heterocycles.